The highest BCUT2D eigenvalue weighted by Crippen LogP contribution is 2.25. The summed E-state index contributed by atoms with van der Waals surface area (Å²) in [5, 5.41) is 2.97. The molecule has 2 nitrogen and oxygen atoms in total. The maximum Gasteiger partial charge on any atom is 0.255 e. The van der Waals surface area contributed by atoms with Gasteiger partial charge in [-0.2, -0.15) is 0 Å². The molecule has 20 heavy (non-hydrogen) atoms. The second-order valence-electron chi connectivity index (χ2n) is 4.70. The van der Waals surface area contributed by atoms with Gasteiger partial charge in [-0.15, -0.1) is 11.6 Å². The van der Waals surface area contributed by atoms with Gasteiger partial charge in [-0.1, -0.05) is 28.1 Å². The van der Waals surface area contributed by atoms with E-state index in [2.05, 4.69) is 21.2 Å². The number of aryl methyl sites for hydroxylation is 2. The maximum absolute atomic E-state index is 12.3. The van der Waals surface area contributed by atoms with Crippen molar-refractivity contribution in [3.63, 3.8) is 0 Å². The highest BCUT2D eigenvalue weighted by Gasteiger charge is 2.10. The maximum atomic E-state index is 12.3. The van der Waals surface area contributed by atoms with E-state index in [1.54, 1.807) is 6.07 Å². The van der Waals surface area contributed by atoms with Gasteiger partial charge >= 0.3 is 0 Å². The van der Waals surface area contributed by atoms with Gasteiger partial charge in [0.1, 0.15) is 0 Å². The molecule has 0 unspecified atom stereocenters. The Labute approximate surface area is 132 Å². The summed E-state index contributed by atoms with van der Waals surface area (Å²) in [6, 6.07) is 11.3. The Morgan fingerprint density at radius 1 is 1.20 bits per heavy atom. The van der Waals surface area contributed by atoms with Crippen molar-refractivity contribution in [1.82, 2.24) is 0 Å². The van der Waals surface area contributed by atoms with Crippen LogP contribution in [0.25, 0.3) is 0 Å². The topological polar surface area (TPSA) is 29.1 Å². The quantitative estimate of drug-likeness (QED) is 0.769. The highest BCUT2D eigenvalue weighted by molar-refractivity contribution is 9.10. The average Bonchev–Trinajstić information content (AvgIpc) is 2.42. The number of nitrogens with one attached hydrogen (secondary N) is 1. The van der Waals surface area contributed by atoms with Crippen molar-refractivity contribution in [1.29, 1.82) is 0 Å². The highest BCUT2D eigenvalue weighted by atomic mass is 79.9. The van der Waals surface area contributed by atoms with Crippen molar-refractivity contribution < 1.29 is 4.79 Å². The largest absolute Gasteiger partial charge is 0.322 e. The number of hydrogen-bond donors (Lipinski definition) is 1. The van der Waals surface area contributed by atoms with Crippen LogP contribution in [0.15, 0.2) is 40.9 Å². The van der Waals surface area contributed by atoms with Crippen LogP contribution in [0.1, 0.15) is 27.0 Å². The van der Waals surface area contributed by atoms with E-state index in [4.69, 9.17) is 11.6 Å². The van der Waals surface area contributed by atoms with Crippen LogP contribution in [0.3, 0.4) is 0 Å². The number of amides is 1. The number of rotatable bonds is 3. The fourth-order valence-corrected chi connectivity index (χ4v) is 2.94. The lowest BCUT2D eigenvalue weighted by Gasteiger charge is -2.12. The number of alkyl halides is 1. The molecule has 0 radical (unpaired) electrons. The smallest absolute Gasteiger partial charge is 0.255 e. The van der Waals surface area contributed by atoms with E-state index in [1.165, 1.54) is 0 Å². The summed E-state index contributed by atoms with van der Waals surface area (Å²) < 4.78 is 1.01. The third kappa shape index (κ3) is 3.41. The van der Waals surface area contributed by atoms with Crippen LogP contribution in [0.5, 0.6) is 0 Å². The summed E-state index contributed by atoms with van der Waals surface area (Å²) in [5.41, 5.74) is 4.46. The molecule has 0 saturated heterocycles. The molecular weight excluding hydrogens is 338 g/mol. The standard InChI is InChI=1S/C16H15BrClNO/c1-10-6-14(17)7-11(2)15(10)19-16(20)13-5-3-4-12(8-13)9-18/h3-8H,9H2,1-2H3,(H,19,20). The fourth-order valence-electron chi connectivity index (χ4n) is 2.09. The number of halogens is 2. The van der Waals surface area contributed by atoms with E-state index in [1.807, 2.05) is 44.2 Å². The summed E-state index contributed by atoms with van der Waals surface area (Å²) >= 11 is 9.24. The fraction of sp³-hybridized carbons (Fsp3) is 0.188. The van der Waals surface area contributed by atoms with Crippen molar-refractivity contribution >= 4 is 39.1 Å². The normalized spacial score (nSPS) is 10.4. The van der Waals surface area contributed by atoms with Gasteiger partial charge in [0, 0.05) is 21.6 Å². The van der Waals surface area contributed by atoms with Crippen molar-refractivity contribution in [3.8, 4) is 0 Å². The molecule has 0 spiro atoms. The van der Waals surface area contributed by atoms with Gasteiger partial charge in [0.25, 0.3) is 5.91 Å². The van der Waals surface area contributed by atoms with Gasteiger partial charge in [-0.3, -0.25) is 4.79 Å². The van der Waals surface area contributed by atoms with Crippen LogP contribution in [-0.2, 0) is 5.88 Å². The van der Waals surface area contributed by atoms with Crippen LogP contribution in [-0.4, -0.2) is 5.91 Å². The Bertz CT molecular complexity index is 632. The molecule has 0 aromatic heterocycles. The Kier molecular flexibility index (Phi) is 4.84. The molecule has 2 aromatic carbocycles. The molecule has 0 aliphatic carbocycles. The minimum Gasteiger partial charge on any atom is -0.322 e. The Morgan fingerprint density at radius 2 is 1.85 bits per heavy atom. The van der Waals surface area contributed by atoms with Gasteiger partial charge in [0.15, 0.2) is 0 Å². The minimum atomic E-state index is -0.120. The van der Waals surface area contributed by atoms with E-state index >= 15 is 0 Å². The predicted octanol–water partition coefficient (Wildman–Crippen LogP) is 5.06. The zero-order valence-electron chi connectivity index (χ0n) is 11.3. The van der Waals surface area contributed by atoms with Crippen molar-refractivity contribution in [2.24, 2.45) is 0 Å². The first kappa shape index (κ1) is 15.1. The number of hydrogen-bond acceptors (Lipinski definition) is 1. The molecule has 1 N–H and O–H groups in total. The first-order valence-electron chi connectivity index (χ1n) is 6.24. The molecule has 2 aromatic rings. The summed E-state index contributed by atoms with van der Waals surface area (Å²) in [6.07, 6.45) is 0. The minimum absolute atomic E-state index is 0.120. The van der Waals surface area contributed by atoms with Crippen LogP contribution >= 0.6 is 27.5 Å². The molecule has 0 atom stereocenters. The zero-order valence-corrected chi connectivity index (χ0v) is 13.7. The lowest BCUT2D eigenvalue weighted by molar-refractivity contribution is 0.102. The Morgan fingerprint density at radius 3 is 2.45 bits per heavy atom. The summed E-state index contributed by atoms with van der Waals surface area (Å²) in [6.45, 7) is 3.95. The van der Waals surface area contributed by atoms with E-state index in [9.17, 15) is 4.79 Å². The Balaban J connectivity index is 2.28. The SMILES string of the molecule is Cc1cc(Br)cc(C)c1NC(=O)c1cccc(CCl)c1. The first-order valence-corrected chi connectivity index (χ1v) is 7.57. The lowest BCUT2D eigenvalue weighted by Crippen LogP contribution is -2.14. The third-order valence-electron chi connectivity index (χ3n) is 3.08. The molecule has 4 heteroatoms. The van der Waals surface area contributed by atoms with Gasteiger partial charge in [0.2, 0.25) is 0 Å². The number of carbonyl (C=O) groups excluding carboxylic acids is 1. The lowest BCUT2D eigenvalue weighted by atomic mass is 10.1. The summed E-state index contributed by atoms with van der Waals surface area (Å²) in [4.78, 5) is 12.3. The van der Waals surface area contributed by atoms with Crippen molar-refractivity contribution in [3.05, 3.63) is 63.1 Å². The number of carbonyl (C=O) groups is 1. The molecule has 104 valence electrons. The van der Waals surface area contributed by atoms with Gasteiger partial charge in [-0.05, 0) is 54.8 Å². The van der Waals surface area contributed by atoms with E-state index < -0.39 is 0 Å². The summed E-state index contributed by atoms with van der Waals surface area (Å²) in [7, 11) is 0. The molecule has 0 heterocycles. The van der Waals surface area contributed by atoms with Crippen LogP contribution in [0.4, 0.5) is 5.69 Å². The second-order valence-corrected chi connectivity index (χ2v) is 5.89. The van der Waals surface area contributed by atoms with Gasteiger partial charge < -0.3 is 5.32 Å². The predicted molar refractivity (Wildman–Crippen MR) is 87.6 cm³/mol. The molecule has 1 amide bonds. The molecule has 2 rings (SSSR count). The Hall–Kier alpha value is -1.32. The van der Waals surface area contributed by atoms with Gasteiger partial charge in [0.05, 0.1) is 0 Å². The molecule has 0 fully saturated rings. The van der Waals surface area contributed by atoms with Crippen molar-refractivity contribution in [2.45, 2.75) is 19.7 Å². The molecule has 0 saturated carbocycles. The number of benzene rings is 2. The second kappa shape index (κ2) is 6.42. The van der Waals surface area contributed by atoms with Gasteiger partial charge in [-0.25, -0.2) is 0 Å². The average molecular weight is 353 g/mol. The molecular formula is C16H15BrClNO. The molecule has 0 aliphatic rings. The van der Waals surface area contributed by atoms with Crippen LogP contribution < -0.4 is 5.32 Å². The van der Waals surface area contributed by atoms with Crippen LogP contribution in [0.2, 0.25) is 0 Å². The van der Waals surface area contributed by atoms with Crippen LogP contribution in [0, 0.1) is 13.8 Å². The van der Waals surface area contributed by atoms with E-state index in [-0.39, 0.29) is 5.91 Å². The van der Waals surface area contributed by atoms with E-state index in [0.29, 0.717) is 11.4 Å². The first-order chi connectivity index (χ1) is 9.51. The molecule has 0 bridgehead atoms. The third-order valence-corrected chi connectivity index (χ3v) is 3.85. The van der Waals surface area contributed by atoms with Crippen molar-refractivity contribution in [2.75, 3.05) is 5.32 Å². The summed E-state index contributed by atoms with van der Waals surface area (Å²) in [5.74, 6) is 0.280. The number of anilines is 1. The van der Waals surface area contributed by atoms with E-state index in [0.717, 1.165) is 26.9 Å². The molecule has 0 aliphatic heterocycles. The monoisotopic (exact) mass is 351 g/mol. The zero-order chi connectivity index (χ0) is 14.7.